The number of nitrogens with zero attached hydrogens (tertiary/aromatic N) is 3. The van der Waals surface area contributed by atoms with Crippen molar-refractivity contribution in [3.05, 3.63) is 139 Å². The standard InChI is InChI=1S/C39H23N3O2/c1-3-12-24(13-4-1)26-17-9-19-29-34-30(20-11-23-33(34)44-35(26)29)38-40-37(25-14-5-2-6-15-25)41-39(42-38)31-21-10-18-28-27-16-7-8-22-32(27)43-36(28)31/h1-23H/i1D,3D,4D,12D,13D. The molecular weight excluding hydrogens is 542 g/mol. The van der Waals surface area contributed by atoms with E-state index < -0.39 is 18.1 Å². The fourth-order valence-corrected chi connectivity index (χ4v) is 5.87. The van der Waals surface area contributed by atoms with Crippen LogP contribution >= 0.6 is 0 Å². The van der Waals surface area contributed by atoms with E-state index in [1.165, 1.54) is 0 Å². The Morgan fingerprint density at radius 2 is 1.02 bits per heavy atom. The molecule has 0 saturated heterocycles. The molecule has 0 aliphatic rings. The van der Waals surface area contributed by atoms with Crippen LogP contribution in [0.1, 0.15) is 6.85 Å². The molecule has 6 aromatic carbocycles. The largest absolute Gasteiger partial charge is 0.455 e. The summed E-state index contributed by atoms with van der Waals surface area (Å²) in [5, 5.41) is 3.38. The molecule has 9 aromatic rings. The van der Waals surface area contributed by atoms with E-state index in [1.54, 1.807) is 12.1 Å². The second-order valence-corrected chi connectivity index (χ2v) is 10.4. The van der Waals surface area contributed by atoms with Gasteiger partial charge in [-0.05, 0) is 23.8 Å². The van der Waals surface area contributed by atoms with Crippen LogP contribution in [-0.2, 0) is 0 Å². The summed E-state index contributed by atoms with van der Waals surface area (Å²) in [6.45, 7) is 0. The lowest BCUT2D eigenvalue weighted by Gasteiger charge is -2.09. The molecule has 5 nitrogen and oxygen atoms in total. The highest BCUT2D eigenvalue weighted by molar-refractivity contribution is 6.15. The van der Waals surface area contributed by atoms with Crippen LogP contribution in [0.4, 0.5) is 0 Å². The number of aromatic nitrogens is 3. The molecule has 3 aromatic heterocycles. The number of furan rings is 2. The van der Waals surface area contributed by atoms with Gasteiger partial charge in [0, 0.05) is 38.2 Å². The average molecular weight is 571 g/mol. The van der Waals surface area contributed by atoms with Crippen molar-refractivity contribution in [2.75, 3.05) is 0 Å². The van der Waals surface area contributed by atoms with Crippen molar-refractivity contribution in [1.29, 1.82) is 0 Å². The Morgan fingerprint density at radius 3 is 1.89 bits per heavy atom. The zero-order valence-corrected chi connectivity index (χ0v) is 23.1. The monoisotopic (exact) mass is 570 g/mol. The molecule has 0 N–H and O–H groups in total. The van der Waals surface area contributed by atoms with Crippen LogP contribution in [0, 0.1) is 0 Å². The lowest BCUT2D eigenvalue weighted by Crippen LogP contribution is -2.00. The summed E-state index contributed by atoms with van der Waals surface area (Å²) in [7, 11) is 0. The molecule has 0 aliphatic heterocycles. The van der Waals surface area contributed by atoms with Crippen molar-refractivity contribution in [3.8, 4) is 45.3 Å². The topological polar surface area (TPSA) is 65.0 Å². The van der Waals surface area contributed by atoms with Crippen molar-refractivity contribution >= 4 is 43.9 Å². The molecule has 0 bridgehead atoms. The van der Waals surface area contributed by atoms with E-state index in [0.29, 0.717) is 50.7 Å². The first kappa shape index (κ1) is 19.9. The van der Waals surface area contributed by atoms with Crippen LogP contribution in [-0.4, -0.2) is 15.0 Å². The minimum atomic E-state index is -0.448. The highest BCUT2D eigenvalue weighted by atomic mass is 16.3. The SMILES string of the molecule is [2H]c1c([2H])c([2H])c(-c2cccc3c2oc2cccc(-c4nc(-c5ccccc5)nc(-c5cccc6c5oc5ccccc56)n4)c23)c([2H])c1[2H]. The molecule has 5 heteroatoms. The van der Waals surface area contributed by atoms with E-state index in [0.717, 1.165) is 32.9 Å². The van der Waals surface area contributed by atoms with Crippen molar-refractivity contribution < 1.29 is 15.7 Å². The highest BCUT2D eigenvalue weighted by Gasteiger charge is 2.21. The van der Waals surface area contributed by atoms with E-state index in [4.69, 9.17) is 30.6 Å². The molecule has 0 spiro atoms. The second kappa shape index (κ2) is 9.75. The van der Waals surface area contributed by atoms with E-state index in [-0.39, 0.29) is 17.6 Å². The first-order chi connectivity index (χ1) is 23.9. The average Bonchev–Trinajstić information content (AvgIpc) is 3.73. The highest BCUT2D eigenvalue weighted by Crippen LogP contribution is 2.41. The Hall–Kier alpha value is -6.07. The lowest BCUT2D eigenvalue weighted by atomic mass is 10.0. The van der Waals surface area contributed by atoms with E-state index in [2.05, 4.69) is 0 Å². The van der Waals surface area contributed by atoms with Crippen LogP contribution in [0.2, 0.25) is 0 Å². The van der Waals surface area contributed by atoms with Gasteiger partial charge in [-0.3, -0.25) is 0 Å². The molecule has 0 saturated carbocycles. The van der Waals surface area contributed by atoms with Crippen molar-refractivity contribution in [2.24, 2.45) is 0 Å². The summed E-state index contributed by atoms with van der Waals surface area (Å²) in [4.78, 5) is 15.0. The van der Waals surface area contributed by atoms with Gasteiger partial charge in [0.15, 0.2) is 17.5 Å². The minimum Gasteiger partial charge on any atom is -0.455 e. The number of hydrogen-bond acceptors (Lipinski definition) is 5. The summed E-state index contributed by atoms with van der Waals surface area (Å²) in [5.41, 5.74) is 5.08. The fourth-order valence-electron chi connectivity index (χ4n) is 5.87. The second-order valence-electron chi connectivity index (χ2n) is 10.4. The number of rotatable bonds is 4. The Morgan fingerprint density at radius 1 is 0.432 bits per heavy atom. The molecule has 0 unspecified atom stereocenters. The van der Waals surface area contributed by atoms with Crippen LogP contribution in [0.15, 0.2) is 148 Å². The molecule has 44 heavy (non-hydrogen) atoms. The van der Waals surface area contributed by atoms with Gasteiger partial charge in [0.1, 0.15) is 22.3 Å². The van der Waals surface area contributed by atoms with Gasteiger partial charge >= 0.3 is 0 Å². The molecule has 0 amide bonds. The van der Waals surface area contributed by atoms with Gasteiger partial charge in [0.25, 0.3) is 0 Å². The van der Waals surface area contributed by atoms with Crippen molar-refractivity contribution in [3.63, 3.8) is 0 Å². The van der Waals surface area contributed by atoms with E-state index >= 15 is 0 Å². The molecule has 9 rings (SSSR count). The third kappa shape index (κ3) is 3.83. The summed E-state index contributed by atoms with van der Waals surface area (Å²) in [5.74, 6) is 1.34. The molecular formula is C39H23N3O2. The van der Waals surface area contributed by atoms with Gasteiger partial charge in [0.05, 0.1) is 12.4 Å². The summed E-state index contributed by atoms with van der Waals surface area (Å²) in [6.07, 6.45) is 0. The maximum atomic E-state index is 8.61. The summed E-state index contributed by atoms with van der Waals surface area (Å²) < 4.78 is 54.6. The minimum absolute atomic E-state index is 0.0740. The molecule has 0 atom stereocenters. The quantitative estimate of drug-likeness (QED) is 0.211. The zero-order chi connectivity index (χ0) is 33.4. The van der Waals surface area contributed by atoms with Gasteiger partial charge in [-0.15, -0.1) is 0 Å². The molecule has 3 heterocycles. The van der Waals surface area contributed by atoms with Crippen molar-refractivity contribution in [1.82, 2.24) is 15.0 Å². The fraction of sp³-hybridized carbons (Fsp3) is 0. The van der Waals surface area contributed by atoms with Crippen LogP contribution in [0.3, 0.4) is 0 Å². The molecule has 0 aliphatic carbocycles. The molecule has 0 radical (unpaired) electrons. The van der Waals surface area contributed by atoms with Gasteiger partial charge in [0.2, 0.25) is 0 Å². The van der Waals surface area contributed by atoms with Gasteiger partial charge in [-0.1, -0.05) is 121 Å². The maximum absolute atomic E-state index is 8.61. The zero-order valence-electron chi connectivity index (χ0n) is 28.1. The third-order valence-corrected chi connectivity index (χ3v) is 7.85. The van der Waals surface area contributed by atoms with Gasteiger partial charge < -0.3 is 8.83 Å². The normalized spacial score (nSPS) is 13.2. The van der Waals surface area contributed by atoms with Gasteiger partial charge in [-0.2, -0.15) is 0 Å². The molecule has 0 fully saturated rings. The Balaban J connectivity index is 1.32. The first-order valence-electron chi connectivity index (χ1n) is 16.6. The third-order valence-electron chi connectivity index (χ3n) is 7.85. The Bertz CT molecular complexity index is 2760. The first-order valence-corrected chi connectivity index (χ1v) is 14.1. The summed E-state index contributed by atoms with van der Waals surface area (Å²) in [6, 6.07) is 32.7. The van der Waals surface area contributed by atoms with Crippen LogP contribution < -0.4 is 0 Å². The number of hydrogen-bond donors (Lipinski definition) is 0. The van der Waals surface area contributed by atoms with E-state index in [1.807, 2.05) is 97.1 Å². The van der Waals surface area contributed by atoms with Crippen LogP contribution in [0.25, 0.3) is 89.2 Å². The van der Waals surface area contributed by atoms with Gasteiger partial charge in [-0.25, -0.2) is 15.0 Å². The summed E-state index contributed by atoms with van der Waals surface area (Å²) >= 11 is 0. The predicted octanol–water partition coefficient (Wildman–Crippen LogP) is 10.3. The maximum Gasteiger partial charge on any atom is 0.167 e. The smallest absolute Gasteiger partial charge is 0.167 e. The number of benzene rings is 6. The number of para-hydroxylation sites is 3. The Labute approximate surface area is 259 Å². The van der Waals surface area contributed by atoms with Crippen molar-refractivity contribution in [2.45, 2.75) is 0 Å². The predicted molar refractivity (Wildman–Crippen MR) is 176 cm³/mol. The Kier molecular flexibility index (Phi) is 4.42. The van der Waals surface area contributed by atoms with Crippen LogP contribution in [0.5, 0.6) is 0 Å². The lowest BCUT2D eigenvalue weighted by molar-refractivity contribution is 0.669. The number of fused-ring (bicyclic) bond motifs is 6. The van der Waals surface area contributed by atoms with E-state index in [9.17, 15) is 0 Å². The molecule has 206 valence electrons.